The fraction of sp³-hybridized carbons (Fsp3) is 0.579. The van der Waals surface area contributed by atoms with Crippen molar-refractivity contribution in [1.82, 2.24) is 15.5 Å². The molecule has 1 heterocycles. The molecule has 1 aliphatic rings. The van der Waals surface area contributed by atoms with E-state index in [4.69, 9.17) is 9.47 Å². The number of carbonyl (C=O) groups excluding carboxylic acids is 2. The molecule has 3 amide bonds. The molecule has 0 saturated heterocycles. The van der Waals surface area contributed by atoms with E-state index in [-0.39, 0.29) is 12.5 Å². The fourth-order valence-corrected chi connectivity index (χ4v) is 2.95. The maximum absolute atomic E-state index is 12.0. The molecule has 2 N–H and O–H groups in total. The van der Waals surface area contributed by atoms with E-state index in [0.717, 1.165) is 36.4 Å². The lowest BCUT2D eigenvalue weighted by molar-refractivity contribution is -0.121. The van der Waals surface area contributed by atoms with Crippen LogP contribution in [0.5, 0.6) is 11.5 Å². The van der Waals surface area contributed by atoms with Crippen LogP contribution in [0.3, 0.4) is 0 Å². The fourth-order valence-electron chi connectivity index (χ4n) is 2.95. The second-order valence-corrected chi connectivity index (χ2v) is 6.20. The Hall–Kier alpha value is -2.28. The van der Waals surface area contributed by atoms with E-state index in [2.05, 4.69) is 10.6 Å². The quantitative estimate of drug-likeness (QED) is 0.739. The van der Waals surface area contributed by atoms with Gasteiger partial charge in [0.25, 0.3) is 0 Å². The Labute approximate surface area is 155 Å². The van der Waals surface area contributed by atoms with E-state index < -0.39 is 6.03 Å². The zero-order valence-corrected chi connectivity index (χ0v) is 15.9. The van der Waals surface area contributed by atoms with Crippen molar-refractivity contribution >= 4 is 11.9 Å². The van der Waals surface area contributed by atoms with Crippen molar-refractivity contribution in [2.75, 3.05) is 32.8 Å². The van der Waals surface area contributed by atoms with Crippen LogP contribution in [0, 0.1) is 0 Å². The Morgan fingerprint density at radius 2 is 1.73 bits per heavy atom. The number of nitrogens with zero attached hydrogens (tertiary/aromatic N) is 1. The highest BCUT2D eigenvalue weighted by Crippen LogP contribution is 2.33. The predicted molar refractivity (Wildman–Crippen MR) is 99.6 cm³/mol. The molecular formula is C19H29N3O4. The number of amides is 3. The van der Waals surface area contributed by atoms with Crippen molar-refractivity contribution in [2.45, 2.75) is 40.2 Å². The second-order valence-electron chi connectivity index (χ2n) is 6.20. The largest absolute Gasteiger partial charge is 0.490 e. The number of carbonyl (C=O) groups is 2. The van der Waals surface area contributed by atoms with Crippen molar-refractivity contribution in [3.63, 3.8) is 0 Å². The van der Waals surface area contributed by atoms with Crippen LogP contribution >= 0.6 is 0 Å². The molecule has 0 aromatic heterocycles. The number of urea groups is 1. The van der Waals surface area contributed by atoms with Gasteiger partial charge in [0.2, 0.25) is 5.91 Å². The van der Waals surface area contributed by atoms with Crippen molar-refractivity contribution in [1.29, 1.82) is 0 Å². The minimum absolute atomic E-state index is 0.191. The van der Waals surface area contributed by atoms with Gasteiger partial charge in [0.1, 0.15) is 0 Å². The number of hydrogen-bond donors (Lipinski definition) is 2. The lowest BCUT2D eigenvalue weighted by Gasteiger charge is -2.29. The number of benzene rings is 1. The van der Waals surface area contributed by atoms with E-state index in [1.807, 2.05) is 37.8 Å². The molecule has 7 nitrogen and oxygen atoms in total. The predicted octanol–water partition coefficient (Wildman–Crippen LogP) is 2.08. The van der Waals surface area contributed by atoms with Crippen LogP contribution in [0.2, 0.25) is 0 Å². The van der Waals surface area contributed by atoms with Gasteiger partial charge in [-0.25, -0.2) is 4.79 Å². The molecule has 2 rings (SSSR count). The summed E-state index contributed by atoms with van der Waals surface area (Å²) < 4.78 is 11.4. The van der Waals surface area contributed by atoms with Crippen LogP contribution in [0.25, 0.3) is 0 Å². The lowest BCUT2D eigenvalue weighted by Crippen LogP contribution is -2.45. The van der Waals surface area contributed by atoms with Gasteiger partial charge in [-0.2, -0.15) is 0 Å². The van der Waals surface area contributed by atoms with E-state index >= 15 is 0 Å². The molecule has 0 unspecified atom stereocenters. The summed E-state index contributed by atoms with van der Waals surface area (Å²) in [5.41, 5.74) is 2.35. The summed E-state index contributed by atoms with van der Waals surface area (Å²) in [6.07, 6.45) is 1.66. The molecule has 1 aliphatic heterocycles. The van der Waals surface area contributed by atoms with Gasteiger partial charge in [0.05, 0.1) is 19.8 Å². The van der Waals surface area contributed by atoms with Gasteiger partial charge in [-0.15, -0.1) is 0 Å². The molecule has 0 fully saturated rings. The molecule has 0 atom stereocenters. The number of nitrogens with one attached hydrogen (secondary N) is 2. The number of imide groups is 1. The summed E-state index contributed by atoms with van der Waals surface area (Å²) in [5.74, 6) is 1.21. The normalized spacial score (nSPS) is 13.7. The molecule has 0 radical (unpaired) electrons. The molecule has 0 aliphatic carbocycles. The van der Waals surface area contributed by atoms with Crippen LogP contribution in [0.15, 0.2) is 12.1 Å². The summed E-state index contributed by atoms with van der Waals surface area (Å²) in [4.78, 5) is 25.7. The van der Waals surface area contributed by atoms with Crippen LogP contribution < -0.4 is 20.1 Å². The van der Waals surface area contributed by atoms with Crippen LogP contribution in [-0.4, -0.2) is 49.7 Å². The molecule has 144 valence electrons. The summed E-state index contributed by atoms with van der Waals surface area (Å²) in [6, 6.07) is 3.61. The average Bonchev–Trinajstić information content (AvgIpc) is 2.61. The first kappa shape index (κ1) is 20.0. The van der Waals surface area contributed by atoms with Crippen molar-refractivity contribution in [2.24, 2.45) is 0 Å². The molecule has 7 heteroatoms. The second kappa shape index (κ2) is 10.0. The Morgan fingerprint density at radius 1 is 1.08 bits per heavy atom. The van der Waals surface area contributed by atoms with Gasteiger partial charge in [-0.05, 0) is 49.9 Å². The monoisotopic (exact) mass is 363 g/mol. The Morgan fingerprint density at radius 3 is 2.35 bits per heavy atom. The maximum atomic E-state index is 12.0. The topological polar surface area (TPSA) is 79.9 Å². The van der Waals surface area contributed by atoms with Gasteiger partial charge >= 0.3 is 6.03 Å². The van der Waals surface area contributed by atoms with Crippen molar-refractivity contribution in [3.8, 4) is 11.5 Å². The third-order valence-corrected chi connectivity index (χ3v) is 4.11. The molecular weight excluding hydrogens is 334 g/mol. The number of fused-ring (bicyclic) bond motifs is 1. The zero-order valence-electron chi connectivity index (χ0n) is 15.9. The third-order valence-electron chi connectivity index (χ3n) is 4.11. The number of rotatable bonds is 8. The smallest absolute Gasteiger partial charge is 0.321 e. The van der Waals surface area contributed by atoms with E-state index in [1.54, 1.807) is 0 Å². The summed E-state index contributed by atoms with van der Waals surface area (Å²) >= 11 is 0. The first-order valence-electron chi connectivity index (χ1n) is 9.28. The summed E-state index contributed by atoms with van der Waals surface area (Å²) in [5, 5.41) is 5.00. The maximum Gasteiger partial charge on any atom is 0.321 e. The molecule has 0 spiro atoms. The minimum atomic E-state index is -0.436. The summed E-state index contributed by atoms with van der Waals surface area (Å²) in [6.45, 7) is 9.16. The van der Waals surface area contributed by atoms with E-state index in [0.29, 0.717) is 26.3 Å². The van der Waals surface area contributed by atoms with Crippen molar-refractivity contribution in [3.05, 3.63) is 23.3 Å². The van der Waals surface area contributed by atoms with Gasteiger partial charge in [0.15, 0.2) is 11.5 Å². The van der Waals surface area contributed by atoms with Gasteiger partial charge in [-0.3, -0.25) is 15.0 Å². The number of hydrogen-bond acceptors (Lipinski definition) is 5. The SMILES string of the molecule is CCCNC(=O)NC(=O)CN1CCc2cc(OCC)c(OCC)cc2C1. The highest BCUT2D eigenvalue weighted by atomic mass is 16.5. The Bertz CT molecular complexity index is 633. The minimum Gasteiger partial charge on any atom is -0.490 e. The van der Waals surface area contributed by atoms with Gasteiger partial charge < -0.3 is 14.8 Å². The molecule has 0 bridgehead atoms. The lowest BCUT2D eigenvalue weighted by atomic mass is 9.99. The van der Waals surface area contributed by atoms with Gasteiger partial charge in [0, 0.05) is 19.6 Å². The van der Waals surface area contributed by atoms with Crippen LogP contribution in [0.4, 0.5) is 4.79 Å². The molecule has 26 heavy (non-hydrogen) atoms. The Kier molecular flexibility index (Phi) is 7.72. The number of ether oxygens (including phenoxy) is 2. The highest BCUT2D eigenvalue weighted by Gasteiger charge is 2.22. The zero-order chi connectivity index (χ0) is 18.9. The molecule has 1 aromatic rings. The average molecular weight is 363 g/mol. The molecule has 0 saturated carbocycles. The van der Waals surface area contributed by atoms with Crippen LogP contribution in [-0.2, 0) is 17.8 Å². The summed E-state index contributed by atoms with van der Waals surface area (Å²) in [7, 11) is 0. The Balaban J connectivity index is 1.98. The molecule has 1 aromatic carbocycles. The van der Waals surface area contributed by atoms with Gasteiger partial charge in [-0.1, -0.05) is 6.92 Å². The first-order chi connectivity index (χ1) is 12.6. The third kappa shape index (κ3) is 5.62. The van der Waals surface area contributed by atoms with Crippen molar-refractivity contribution < 1.29 is 19.1 Å². The van der Waals surface area contributed by atoms with E-state index in [9.17, 15) is 9.59 Å². The standard InChI is InChI=1S/C19H29N3O4/c1-4-8-20-19(24)21-18(23)13-22-9-7-14-10-16(25-5-2)17(26-6-3)11-15(14)12-22/h10-11H,4-9,12-13H2,1-3H3,(H2,20,21,23,24). The van der Waals surface area contributed by atoms with Crippen LogP contribution in [0.1, 0.15) is 38.3 Å². The van der Waals surface area contributed by atoms with E-state index in [1.165, 1.54) is 5.56 Å². The first-order valence-corrected chi connectivity index (χ1v) is 9.28. The highest BCUT2D eigenvalue weighted by molar-refractivity contribution is 5.95.